The van der Waals surface area contributed by atoms with Crippen LogP contribution in [0.25, 0.3) is 0 Å². The Bertz CT molecular complexity index is 315. The Labute approximate surface area is 89.8 Å². The Morgan fingerprint density at radius 3 is 1.53 bits per heavy atom. The highest BCUT2D eigenvalue weighted by molar-refractivity contribution is 7.45. The van der Waals surface area contributed by atoms with Gasteiger partial charge in [0, 0.05) is 0 Å². The van der Waals surface area contributed by atoms with Crippen LogP contribution in [0.2, 0.25) is 0 Å². The maximum atomic E-state index is 8.88. The van der Waals surface area contributed by atoms with E-state index in [1.807, 2.05) is 0 Å². The Balaban J connectivity index is 0.000000336. The molecule has 0 saturated carbocycles. The van der Waals surface area contributed by atoms with Gasteiger partial charge in [0.15, 0.2) is 0 Å². The van der Waals surface area contributed by atoms with E-state index in [4.69, 9.17) is 19.2 Å². The van der Waals surface area contributed by atoms with Crippen molar-refractivity contribution < 1.29 is 19.2 Å². The number of benzene rings is 1. The van der Waals surface area contributed by atoms with Gasteiger partial charge in [0.1, 0.15) is 0 Å². The fourth-order valence-electron chi connectivity index (χ4n) is 0.938. The van der Waals surface area contributed by atoms with Crippen LogP contribution in [0.5, 0.6) is 0 Å². The second-order valence-corrected chi connectivity index (χ2v) is 5.16. The van der Waals surface area contributed by atoms with Gasteiger partial charge in [-0.1, -0.05) is 51.1 Å². The average molecular weight is 232 g/mol. The highest BCUT2D eigenvalue weighted by Gasteiger charge is 2.11. The largest absolute Gasteiger partial charge is 0.466 e. The first-order valence-corrected chi connectivity index (χ1v) is 6.01. The third kappa shape index (κ3) is 9.63. The summed E-state index contributed by atoms with van der Waals surface area (Å²) >= 11 is 0. The predicted molar refractivity (Wildman–Crippen MR) is 59.4 cm³/mol. The van der Waals surface area contributed by atoms with Crippen LogP contribution in [-0.4, -0.2) is 14.7 Å². The van der Waals surface area contributed by atoms with Crippen LogP contribution in [0, 0.1) is 0 Å². The van der Waals surface area contributed by atoms with E-state index in [9.17, 15) is 0 Å². The topological polar surface area (TPSA) is 77.8 Å². The minimum atomic E-state index is -4.64. The molecule has 86 valence electrons. The smallest absolute Gasteiger partial charge is 0.303 e. The quantitative estimate of drug-likeness (QED) is 0.598. The minimum absolute atomic E-state index is 0.293. The standard InChI is InChI=1S/C10H14.H3O4P/c1-10(2,3)9-7-5-4-6-8-9;1-5(2,3)4/h4-8H,1-3H3;(H3,1,2,3,4). The summed E-state index contributed by atoms with van der Waals surface area (Å²) in [4.78, 5) is 21.6. The lowest BCUT2D eigenvalue weighted by Crippen LogP contribution is -2.10. The number of rotatable bonds is 0. The zero-order valence-electron chi connectivity index (χ0n) is 9.08. The van der Waals surface area contributed by atoms with Gasteiger partial charge in [-0.15, -0.1) is 0 Å². The maximum Gasteiger partial charge on any atom is 0.466 e. The molecule has 0 atom stereocenters. The van der Waals surface area contributed by atoms with Gasteiger partial charge in [-0.05, 0) is 11.0 Å². The van der Waals surface area contributed by atoms with E-state index in [2.05, 4.69) is 51.1 Å². The van der Waals surface area contributed by atoms with Crippen LogP contribution >= 0.6 is 7.82 Å². The third-order valence-corrected chi connectivity index (χ3v) is 1.64. The van der Waals surface area contributed by atoms with Crippen LogP contribution < -0.4 is 0 Å². The zero-order valence-corrected chi connectivity index (χ0v) is 9.98. The Hall–Kier alpha value is -0.670. The van der Waals surface area contributed by atoms with E-state index >= 15 is 0 Å². The summed E-state index contributed by atoms with van der Waals surface area (Å²) in [6.45, 7) is 6.67. The van der Waals surface area contributed by atoms with E-state index in [0.29, 0.717) is 5.41 Å². The van der Waals surface area contributed by atoms with Gasteiger partial charge in [-0.3, -0.25) is 0 Å². The fraction of sp³-hybridized carbons (Fsp3) is 0.400. The van der Waals surface area contributed by atoms with Gasteiger partial charge in [0.25, 0.3) is 0 Å². The molecule has 4 nitrogen and oxygen atoms in total. The molecule has 3 N–H and O–H groups in total. The molecule has 0 saturated heterocycles. The molecule has 5 heteroatoms. The molecule has 0 aliphatic carbocycles. The molecule has 1 aromatic carbocycles. The molecule has 0 amide bonds. The molecule has 0 spiro atoms. The lowest BCUT2D eigenvalue weighted by molar-refractivity contribution is 0.275. The fourth-order valence-corrected chi connectivity index (χ4v) is 0.938. The lowest BCUT2D eigenvalue weighted by Gasteiger charge is -2.18. The van der Waals surface area contributed by atoms with Crippen LogP contribution in [-0.2, 0) is 9.98 Å². The van der Waals surface area contributed by atoms with Crippen LogP contribution in [0.15, 0.2) is 30.3 Å². The summed E-state index contributed by atoms with van der Waals surface area (Å²) in [6, 6.07) is 10.6. The minimum Gasteiger partial charge on any atom is -0.303 e. The van der Waals surface area contributed by atoms with E-state index in [0.717, 1.165) is 0 Å². The molecule has 0 aliphatic rings. The summed E-state index contributed by atoms with van der Waals surface area (Å²) in [5, 5.41) is 0. The molecule has 0 aromatic heterocycles. The zero-order chi connectivity index (χ0) is 12.1. The summed E-state index contributed by atoms with van der Waals surface area (Å²) in [6.07, 6.45) is 0. The van der Waals surface area contributed by atoms with Gasteiger partial charge in [-0.2, -0.15) is 0 Å². The third-order valence-electron chi connectivity index (χ3n) is 1.64. The highest BCUT2D eigenvalue weighted by atomic mass is 31.2. The lowest BCUT2D eigenvalue weighted by atomic mass is 9.87. The van der Waals surface area contributed by atoms with Crippen molar-refractivity contribution >= 4 is 7.82 Å². The Kier molecular flexibility index (Phi) is 5.18. The van der Waals surface area contributed by atoms with Crippen molar-refractivity contribution in [2.75, 3.05) is 0 Å². The SMILES string of the molecule is CC(C)(C)c1ccccc1.O=P(O)(O)O. The molecule has 1 aromatic rings. The summed E-state index contributed by atoms with van der Waals surface area (Å²) in [5.41, 5.74) is 1.69. The Morgan fingerprint density at radius 2 is 1.33 bits per heavy atom. The van der Waals surface area contributed by atoms with E-state index < -0.39 is 7.82 Å². The number of hydrogen-bond donors (Lipinski definition) is 3. The van der Waals surface area contributed by atoms with Gasteiger partial charge in [0.05, 0.1) is 0 Å². The highest BCUT2D eigenvalue weighted by Crippen LogP contribution is 2.25. The molecule has 0 heterocycles. The first-order valence-electron chi connectivity index (χ1n) is 4.44. The van der Waals surface area contributed by atoms with E-state index in [1.165, 1.54) is 5.56 Å². The van der Waals surface area contributed by atoms with Gasteiger partial charge in [0.2, 0.25) is 0 Å². The van der Waals surface area contributed by atoms with Crippen molar-refractivity contribution in [2.24, 2.45) is 0 Å². The molecule has 1 rings (SSSR count). The van der Waals surface area contributed by atoms with Gasteiger partial charge in [-0.25, -0.2) is 4.57 Å². The van der Waals surface area contributed by atoms with Gasteiger partial charge < -0.3 is 14.7 Å². The molecule has 0 fully saturated rings. The summed E-state index contributed by atoms with van der Waals surface area (Å²) in [7, 11) is -4.64. The first-order chi connectivity index (χ1) is 6.61. The molecular formula is C10H17O4P. The molecule has 15 heavy (non-hydrogen) atoms. The normalized spacial score (nSPS) is 11.6. The molecule has 0 aliphatic heterocycles. The second-order valence-electron chi connectivity index (χ2n) is 4.13. The monoisotopic (exact) mass is 232 g/mol. The molecular weight excluding hydrogens is 215 g/mol. The molecule has 0 unspecified atom stereocenters. The number of phosphoric acid groups is 1. The van der Waals surface area contributed by atoms with Gasteiger partial charge >= 0.3 is 7.82 Å². The van der Waals surface area contributed by atoms with Crippen molar-refractivity contribution in [1.82, 2.24) is 0 Å². The average Bonchev–Trinajstić information content (AvgIpc) is 2.01. The van der Waals surface area contributed by atoms with Crippen molar-refractivity contribution in [1.29, 1.82) is 0 Å². The van der Waals surface area contributed by atoms with Crippen molar-refractivity contribution in [3.63, 3.8) is 0 Å². The van der Waals surface area contributed by atoms with Crippen molar-refractivity contribution in [3.05, 3.63) is 35.9 Å². The summed E-state index contributed by atoms with van der Waals surface area (Å²) in [5.74, 6) is 0. The predicted octanol–water partition coefficient (Wildman–Crippen LogP) is 2.06. The van der Waals surface area contributed by atoms with E-state index in [-0.39, 0.29) is 0 Å². The first kappa shape index (κ1) is 14.3. The van der Waals surface area contributed by atoms with Crippen molar-refractivity contribution in [3.8, 4) is 0 Å². The van der Waals surface area contributed by atoms with Crippen molar-refractivity contribution in [2.45, 2.75) is 26.2 Å². The van der Waals surface area contributed by atoms with Crippen LogP contribution in [0.4, 0.5) is 0 Å². The second kappa shape index (κ2) is 5.42. The maximum absolute atomic E-state index is 8.88. The Morgan fingerprint density at radius 1 is 1.00 bits per heavy atom. The van der Waals surface area contributed by atoms with Crippen LogP contribution in [0.3, 0.4) is 0 Å². The van der Waals surface area contributed by atoms with Crippen LogP contribution in [0.1, 0.15) is 26.3 Å². The summed E-state index contributed by atoms with van der Waals surface area (Å²) < 4.78 is 8.88. The number of hydrogen-bond acceptors (Lipinski definition) is 1. The molecule has 0 radical (unpaired) electrons. The van der Waals surface area contributed by atoms with E-state index in [1.54, 1.807) is 0 Å². The molecule has 0 bridgehead atoms.